The summed E-state index contributed by atoms with van der Waals surface area (Å²) in [7, 11) is -4.07. The van der Waals surface area contributed by atoms with Crippen molar-refractivity contribution in [2.24, 2.45) is 0 Å². The summed E-state index contributed by atoms with van der Waals surface area (Å²) in [4.78, 5) is -0.0214. The van der Waals surface area contributed by atoms with E-state index >= 15 is 0 Å². The van der Waals surface area contributed by atoms with Crippen molar-refractivity contribution in [2.45, 2.75) is 18.2 Å². The molecule has 124 valence electrons. The summed E-state index contributed by atoms with van der Waals surface area (Å²) >= 11 is 0. The summed E-state index contributed by atoms with van der Waals surface area (Å²) < 4.78 is 53.2. The predicted molar refractivity (Wildman–Crippen MR) is 83.8 cm³/mol. The van der Waals surface area contributed by atoms with Crippen molar-refractivity contribution in [3.63, 3.8) is 0 Å². The highest BCUT2D eigenvalue weighted by Gasteiger charge is 2.26. The third-order valence-corrected chi connectivity index (χ3v) is 5.23. The molecule has 2 aromatic rings. The van der Waals surface area contributed by atoms with Crippen LogP contribution in [0.1, 0.15) is 12.5 Å². The fourth-order valence-corrected chi connectivity index (χ4v) is 3.63. The van der Waals surface area contributed by atoms with Crippen LogP contribution in [0.5, 0.6) is 0 Å². The van der Waals surface area contributed by atoms with Gasteiger partial charge in [-0.15, -0.1) is 0 Å². The molecule has 0 fully saturated rings. The van der Waals surface area contributed by atoms with Crippen molar-refractivity contribution in [2.75, 3.05) is 17.5 Å². The summed E-state index contributed by atoms with van der Waals surface area (Å²) in [6.45, 7) is 1.11. The van der Waals surface area contributed by atoms with Crippen molar-refractivity contribution in [3.8, 4) is 0 Å². The Labute approximate surface area is 134 Å². The molecule has 0 atom stereocenters. The van der Waals surface area contributed by atoms with Gasteiger partial charge in [-0.2, -0.15) is 0 Å². The molecule has 2 rings (SSSR count). The quantitative estimate of drug-likeness (QED) is 0.879. The van der Waals surface area contributed by atoms with E-state index in [1.165, 1.54) is 12.1 Å². The smallest absolute Gasteiger partial charge is 0.264 e. The lowest BCUT2D eigenvalue weighted by Crippen LogP contribution is -2.34. The largest absolute Gasteiger partial charge is 0.394 e. The molecule has 23 heavy (non-hydrogen) atoms. The number of halogens is 2. The number of aliphatic hydroxyl groups is 1. The Hall–Kier alpha value is -1.99. The van der Waals surface area contributed by atoms with Crippen molar-refractivity contribution in [1.29, 1.82) is 0 Å². The van der Waals surface area contributed by atoms with Crippen LogP contribution in [-0.4, -0.2) is 26.7 Å². The van der Waals surface area contributed by atoms with E-state index in [0.717, 1.165) is 28.4 Å². The van der Waals surface area contributed by atoms with E-state index in [1.54, 1.807) is 12.1 Å². The van der Waals surface area contributed by atoms with Crippen molar-refractivity contribution < 1.29 is 22.3 Å². The average Bonchev–Trinajstić information content (AvgIpc) is 2.53. The molecule has 2 aromatic carbocycles. The summed E-state index contributed by atoms with van der Waals surface area (Å²) in [5.41, 5.74) is 0.658. The maximum Gasteiger partial charge on any atom is 0.264 e. The first-order chi connectivity index (χ1) is 10.9. The minimum Gasteiger partial charge on any atom is -0.394 e. The summed E-state index contributed by atoms with van der Waals surface area (Å²) in [5, 5.41) is 9.13. The molecule has 0 aliphatic heterocycles. The molecule has 0 aliphatic carbocycles. The van der Waals surface area contributed by atoms with Crippen LogP contribution in [-0.2, 0) is 16.4 Å². The minimum atomic E-state index is -4.07. The number of sulfonamides is 1. The molecule has 0 spiro atoms. The highest BCUT2D eigenvalue weighted by Crippen LogP contribution is 2.26. The maximum atomic E-state index is 14.0. The van der Waals surface area contributed by atoms with Gasteiger partial charge in [0, 0.05) is 6.07 Å². The summed E-state index contributed by atoms with van der Waals surface area (Å²) in [5.74, 6) is -1.81. The molecular weight excluding hydrogens is 324 g/mol. The number of hydrogen-bond donors (Lipinski definition) is 1. The van der Waals surface area contributed by atoms with Crippen LogP contribution in [0.3, 0.4) is 0 Å². The zero-order valence-corrected chi connectivity index (χ0v) is 13.4. The van der Waals surface area contributed by atoms with E-state index in [1.807, 2.05) is 6.92 Å². The molecule has 0 saturated heterocycles. The highest BCUT2D eigenvalue weighted by atomic mass is 32.2. The molecular formula is C16H17F2NO3S. The van der Waals surface area contributed by atoms with Crippen molar-refractivity contribution in [1.82, 2.24) is 0 Å². The van der Waals surface area contributed by atoms with Gasteiger partial charge in [-0.3, -0.25) is 4.31 Å². The van der Waals surface area contributed by atoms with Crippen LogP contribution in [0.25, 0.3) is 0 Å². The third-order valence-electron chi connectivity index (χ3n) is 3.40. The molecule has 1 N–H and O–H groups in total. The molecule has 0 amide bonds. The minimum absolute atomic E-state index is 0.0214. The second-order valence-electron chi connectivity index (χ2n) is 4.89. The molecule has 0 aromatic heterocycles. The number of aliphatic hydroxyl groups excluding tert-OH is 1. The standard InChI is InChI=1S/C16H17F2NO3S/c1-2-12-3-6-14(7-4-12)23(21,22)19(9-10-20)16-8-5-13(17)11-15(16)18/h3-8,11,20H,2,9-10H2,1H3. The Balaban J connectivity index is 2.49. The molecule has 0 aliphatic rings. The van der Waals surface area contributed by atoms with Gasteiger partial charge in [-0.25, -0.2) is 17.2 Å². The van der Waals surface area contributed by atoms with E-state index < -0.39 is 28.3 Å². The first kappa shape index (κ1) is 17.4. The zero-order valence-electron chi connectivity index (χ0n) is 12.5. The third kappa shape index (κ3) is 3.68. The normalized spacial score (nSPS) is 11.5. The number of hydrogen-bond acceptors (Lipinski definition) is 3. The van der Waals surface area contributed by atoms with Gasteiger partial charge in [0.15, 0.2) is 0 Å². The van der Waals surface area contributed by atoms with Gasteiger partial charge in [0.05, 0.1) is 23.7 Å². The number of anilines is 1. The molecule has 0 unspecified atom stereocenters. The molecule has 0 heterocycles. The van der Waals surface area contributed by atoms with Crippen LogP contribution < -0.4 is 4.31 Å². The first-order valence-corrected chi connectivity index (χ1v) is 8.51. The van der Waals surface area contributed by atoms with Crippen LogP contribution in [0, 0.1) is 11.6 Å². The van der Waals surface area contributed by atoms with E-state index in [2.05, 4.69) is 0 Å². The van der Waals surface area contributed by atoms with Gasteiger partial charge >= 0.3 is 0 Å². The summed E-state index contributed by atoms with van der Waals surface area (Å²) in [6.07, 6.45) is 0.757. The first-order valence-electron chi connectivity index (χ1n) is 7.07. The van der Waals surface area contributed by atoms with Crippen LogP contribution in [0.15, 0.2) is 47.4 Å². The van der Waals surface area contributed by atoms with Gasteiger partial charge in [0.2, 0.25) is 0 Å². The Kier molecular flexibility index (Phi) is 5.33. The van der Waals surface area contributed by atoms with Crippen molar-refractivity contribution in [3.05, 3.63) is 59.7 Å². The number of benzene rings is 2. The number of aryl methyl sites for hydroxylation is 1. The Bertz CT molecular complexity index is 776. The number of rotatable bonds is 6. The van der Waals surface area contributed by atoms with Gasteiger partial charge in [0.25, 0.3) is 10.0 Å². The topological polar surface area (TPSA) is 57.6 Å². The monoisotopic (exact) mass is 341 g/mol. The molecule has 0 bridgehead atoms. The fraction of sp³-hybridized carbons (Fsp3) is 0.250. The predicted octanol–water partition coefficient (Wildman–Crippen LogP) is 2.71. The average molecular weight is 341 g/mol. The Morgan fingerprint density at radius 3 is 2.26 bits per heavy atom. The van der Waals surface area contributed by atoms with E-state index in [4.69, 9.17) is 5.11 Å². The van der Waals surface area contributed by atoms with Gasteiger partial charge in [-0.1, -0.05) is 19.1 Å². The lowest BCUT2D eigenvalue weighted by Gasteiger charge is -2.24. The Morgan fingerprint density at radius 1 is 1.09 bits per heavy atom. The fourth-order valence-electron chi connectivity index (χ4n) is 2.17. The Morgan fingerprint density at radius 2 is 1.74 bits per heavy atom. The van der Waals surface area contributed by atoms with Gasteiger partial charge in [0.1, 0.15) is 11.6 Å². The molecule has 7 heteroatoms. The van der Waals surface area contributed by atoms with Crippen LogP contribution in [0.4, 0.5) is 14.5 Å². The van der Waals surface area contributed by atoms with E-state index in [9.17, 15) is 17.2 Å². The number of nitrogens with zero attached hydrogens (tertiary/aromatic N) is 1. The van der Waals surface area contributed by atoms with Gasteiger partial charge < -0.3 is 5.11 Å². The second kappa shape index (κ2) is 7.06. The van der Waals surface area contributed by atoms with Crippen LogP contribution >= 0.6 is 0 Å². The maximum absolute atomic E-state index is 14.0. The molecule has 0 saturated carbocycles. The SMILES string of the molecule is CCc1ccc(S(=O)(=O)N(CCO)c2ccc(F)cc2F)cc1. The molecule has 4 nitrogen and oxygen atoms in total. The molecule has 0 radical (unpaired) electrons. The van der Waals surface area contributed by atoms with Crippen molar-refractivity contribution >= 4 is 15.7 Å². The second-order valence-corrected chi connectivity index (χ2v) is 6.76. The van der Waals surface area contributed by atoms with E-state index in [0.29, 0.717) is 6.07 Å². The highest BCUT2D eigenvalue weighted by molar-refractivity contribution is 7.92. The summed E-state index contributed by atoms with van der Waals surface area (Å²) in [6, 6.07) is 8.82. The zero-order chi connectivity index (χ0) is 17.0. The lowest BCUT2D eigenvalue weighted by molar-refractivity contribution is 0.306. The lowest BCUT2D eigenvalue weighted by atomic mass is 10.2. The van der Waals surface area contributed by atoms with Gasteiger partial charge in [-0.05, 0) is 36.2 Å². The van der Waals surface area contributed by atoms with E-state index in [-0.39, 0.29) is 17.1 Å². The van der Waals surface area contributed by atoms with Crippen LogP contribution in [0.2, 0.25) is 0 Å².